The summed E-state index contributed by atoms with van der Waals surface area (Å²) in [5, 5.41) is 19.9. The highest BCUT2D eigenvalue weighted by atomic mass is 16.5. The van der Waals surface area contributed by atoms with Gasteiger partial charge in [0.05, 0.1) is 5.92 Å². The summed E-state index contributed by atoms with van der Waals surface area (Å²) in [6.07, 6.45) is 3.19. The number of aliphatic hydroxyl groups excluding tert-OH is 2. The average Bonchev–Trinajstić information content (AvgIpc) is 2.52. The van der Waals surface area contributed by atoms with Crippen molar-refractivity contribution in [1.82, 2.24) is 0 Å². The summed E-state index contributed by atoms with van der Waals surface area (Å²) in [7, 11) is 0. The van der Waals surface area contributed by atoms with Crippen LogP contribution in [0.1, 0.15) is 34.1 Å². The van der Waals surface area contributed by atoms with Gasteiger partial charge in [-0.3, -0.25) is 9.59 Å². The first-order valence-electron chi connectivity index (χ1n) is 7.36. The van der Waals surface area contributed by atoms with Crippen LogP contribution in [-0.4, -0.2) is 40.3 Å². The van der Waals surface area contributed by atoms with Gasteiger partial charge in [0.25, 0.3) is 0 Å². The molecule has 1 aliphatic rings. The standard InChI is InChI=1S/C17H24O5/c1-5-10(2)14-9-7-11(3)15(19)16(20)13(18)8-6-12(4)17(21)22-14/h5-8,12,14-16,19-20H,9H2,1-4H3/b8-6+,10-5-,11-7+. The van der Waals surface area contributed by atoms with Crippen molar-refractivity contribution in [3.8, 4) is 0 Å². The van der Waals surface area contributed by atoms with Crippen LogP contribution in [-0.2, 0) is 14.3 Å². The first kappa shape index (κ1) is 18.3. The molecule has 0 spiro atoms. The number of ketones is 1. The molecule has 122 valence electrons. The Morgan fingerprint density at radius 1 is 1.32 bits per heavy atom. The molecular formula is C17H24O5. The highest BCUT2D eigenvalue weighted by Gasteiger charge is 2.26. The van der Waals surface area contributed by atoms with Crippen molar-refractivity contribution in [3.63, 3.8) is 0 Å². The fourth-order valence-electron chi connectivity index (χ4n) is 1.99. The predicted molar refractivity (Wildman–Crippen MR) is 83.0 cm³/mol. The zero-order valence-electron chi connectivity index (χ0n) is 13.4. The summed E-state index contributed by atoms with van der Waals surface area (Å²) in [5.41, 5.74) is 1.37. The fourth-order valence-corrected chi connectivity index (χ4v) is 1.99. The Morgan fingerprint density at radius 2 is 1.95 bits per heavy atom. The van der Waals surface area contributed by atoms with E-state index in [1.165, 1.54) is 6.08 Å². The minimum absolute atomic E-state index is 0.377. The molecule has 0 aliphatic carbocycles. The van der Waals surface area contributed by atoms with E-state index in [1.54, 1.807) is 19.9 Å². The third kappa shape index (κ3) is 4.64. The topological polar surface area (TPSA) is 83.8 Å². The monoisotopic (exact) mass is 308 g/mol. The number of ether oxygens (including phenoxy) is 1. The van der Waals surface area contributed by atoms with Crippen molar-refractivity contribution in [1.29, 1.82) is 0 Å². The molecule has 0 fully saturated rings. The lowest BCUT2D eigenvalue weighted by atomic mass is 9.98. The summed E-state index contributed by atoms with van der Waals surface area (Å²) in [5.74, 6) is -1.68. The van der Waals surface area contributed by atoms with Gasteiger partial charge in [-0.1, -0.05) is 18.2 Å². The molecule has 0 saturated heterocycles. The van der Waals surface area contributed by atoms with E-state index in [9.17, 15) is 19.8 Å². The van der Waals surface area contributed by atoms with Crippen LogP contribution >= 0.6 is 0 Å². The highest BCUT2D eigenvalue weighted by molar-refractivity contribution is 5.94. The van der Waals surface area contributed by atoms with Crippen molar-refractivity contribution in [3.05, 3.63) is 35.5 Å². The number of carbonyl (C=O) groups is 2. The molecular weight excluding hydrogens is 284 g/mol. The molecule has 2 N–H and O–H groups in total. The second kappa shape index (κ2) is 8.06. The largest absolute Gasteiger partial charge is 0.457 e. The van der Waals surface area contributed by atoms with Gasteiger partial charge in [-0.15, -0.1) is 0 Å². The number of aliphatic hydroxyl groups is 2. The molecule has 4 atom stereocenters. The highest BCUT2D eigenvalue weighted by Crippen LogP contribution is 2.18. The smallest absolute Gasteiger partial charge is 0.313 e. The van der Waals surface area contributed by atoms with Crippen LogP contribution in [0.4, 0.5) is 0 Å². The van der Waals surface area contributed by atoms with E-state index in [2.05, 4.69) is 0 Å². The first-order valence-corrected chi connectivity index (χ1v) is 7.36. The second-order valence-corrected chi connectivity index (χ2v) is 5.58. The van der Waals surface area contributed by atoms with E-state index in [0.29, 0.717) is 12.0 Å². The van der Waals surface area contributed by atoms with Gasteiger partial charge in [0, 0.05) is 6.42 Å². The van der Waals surface area contributed by atoms with Crippen LogP contribution in [0.2, 0.25) is 0 Å². The molecule has 22 heavy (non-hydrogen) atoms. The molecule has 1 rings (SSSR count). The van der Waals surface area contributed by atoms with Crippen LogP contribution < -0.4 is 0 Å². The Hall–Kier alpha value is -1.72. The Morgan fingerprint density at radius 3 is 2.55 bits per heavy atom. The van der Waals surface area contributed by atoms with Crippen molar-refractivity contribution in [2.45, 2.75) is 52.4 Å². The number of carbonyl (C=O) groups excluding carboxylic acids is 2. The third-order valence-corrected chi connectivity index (χ3v) is 3.85. The van der Waals surface area contributed by atoms with Gasteiger partial charge < -0.3 is 14.9 Å². The zero-order chi connectivity index (χ0) is 16.9. The number of cyclic esters (lactones) is 1. The lowest BCUT2D eigenvalue weighted by molar-refractivity contribution is -0.149. The quantitative estimate of drug-likeness (QED) is 0.569. The third-order valence-electron chi connectivity index (χ3n) is 3.85. The molecule has 0 radical (unpaired) electrons. The maximum absolute atomic E-state index is 12.1. The number of esters is 1. The van der Waals surface area contributed by atoms with E-state index in [1.807, 2.05) is 19.9 Å². The number of hydrogen-bond acceptors (Lipinski definition) is 5. The van der Waals surface area contributed by atoms with Crippen LogP contribution in [0.25, 0.3) is 0 Å². The SMILES string of the molecule is C/C=C(/C)C1C/C=C(\C)C(O)C(O)C(=O)/C=C/C(C)C(=O)O1. The van der Waals surface area contributed by atoms with Crippen molar-refractivity contribution in [2.24, 2.45) is 5.92 Å². The normalized spacial score (nSPS) is 35.7. The maximum Gasteiger partial charge on any atom is 0.313 e. The molecule has 4 unspecified atom stereocenters. The molecule has 5 nitrogen and oxygen atoms in total. The lowest BCUT2D eigenvalue weighted by Gasteiger charge is -2.22. The van der Waals surface area contributed by atoms with Crippen molar-refractivity contribution in [2.75, 3.05) is 0 Å². The fraction of sp³-hybridized carbons (Fsp3) is 0.529. The summed E-state index contributed by atoms with van der Waals surface area (Å²) in [6.45, 7) is 6.96. The molecule has 0 aromatic rings. The molecule has 0 aromatic heterocycles. The van der Waals surface area contributed by atoms with Gasteiger partial charge in [-0.05, 0) is 44.9 Å². The van der Waals surface area contributed by atoms with Gasteiger partial charge in [0.1, 0.15) is 18.3 Å². The minimum atomic E-state index is -1.53. The summed E-state index contributed by atoms with van der Waals surface area (Å²) in [4.78, 5) is 23.8. The number of hydrogen-bond donors (Lipinski definition) is 2. The summed E-state index contributed by atoms with van der Waals surface area (Å²) >= 11 is 0. The Labute approximate surface area is 131 Å². The predicted octanol–water partition coefficient (Wildman–Crippen LogP) is 1.70. The molecule has 0 amide bonds. The Bertz CT molecular complexity index is 515. The van der Waals surface area contributed by atoms with E-state index < -0.39 is 36.0 Å². The Kier molecular flexibility index (Phi) is 6.71. The van der Waals surface area contributed by atoms with Gasteiger partial charge >= 0.3 is 5.97 Å². The summed E-state index contributed by atoms with van der Waals surface area (Å²) < 4.78 is 5.48. The van der Waals surface area contributed by atoms with Gasteiger partial charge in [-0.2, -0.15) is 0 Å². The average molecular weight is 308 g/mol. The molecule has 0 saturated carbocycles. The van der Waals surface area contributed by atoms with Crippen LogP contribution in [0, 0.1) is 5.92 Å². The maximum atomic E-state index is 12.1. The zero-order valence-corrected chi connectivity index (χ0v) is 13.4. The van der Waals surface area contributed by atoms with E-state index in [4.69, 9.17) is 4.74 Å². The molecule has 5 heteroatoms. The van der Waals surface area contributed by atoms with E-state index in [0.717, 1.165) is 11.6 Å². The second-order valence-electron chi connectivity index (χ2n) is 5.58. The van der Waals surface area contributed by atoms with E-state index in [-0.39, 0.29) is 0 Å². The minimum Gasteiger partial charge on any atom is -0.457 e. The van der Waals surface area contributed by atoms with Crippen LogP contribution in [0.5, 0.6) is 0 Å². The van der Waals surface area contributed by atoms with Crippen molar-refractivity contribution < 1.29 is 24.5 Å². The van der Waals surface area contributed by atoms with E-state index >= 15 is 0 Å². The van der Waals surface area contributed by atoms with Gasteiger partial charge in [-0.25, -0.2) is 0 Å². The molecule has 0 aromatic carbocycles. The van der Waals surface area contributed by atoms with Gasteiger partial charge in [0.2, 0.25) is 0 Å². The first-order chi connectivity index (χ1) is 10.3. The lowest BCUT2D eigenvalue weighted by Crippen LogP contribution is -2.34. The number of allylic oxidation sites excluding steroid dienone is 1. The Balaban J connectivity index is 3.15. The number of rotatable bonds is 1. The molecule has 0 bridgehead atoms. The summed E-state index contributed by atoms with van der Waals surface area (Å²) in [6, 6.07) is 0. The molecule has 1 aliphatic heterocycles. The van der Waals surface area contributed by atoms with Crippen LogP contribution in [0.3, 0.4) is 0 Å². The van der Waals surface area contributed by atoms with Gasteiger partial charge in [0.15, 0.2) is 5.78 Å². The molecule has 1 heterocycles. The van der Waals surface area contributed by atoms with Crippen molar-refractivity contribution >= 4 is 11.8 Å². The van der Waals surface area contributed by atoms with Crippen LogP contribution in [0.15, 0.2) is 35.5 Å².